The molecule has 1 aliphatic rings. The maximum atomic E-state index is 13.8. The molecule has 1 aliphatic carbocycles. The van der Waals surface area contributed by atoms with E-state index in [9.17, 15) is 27.5 Å². The molecule has 2 aromatic heterocycles. The number of halogens is 1. The average Bonchev–Trinajstić information content (AvgIpc) is 3.75. The number of carbonyl (C=O) groups excluding carboxylic acids is 2. The van der Waals surface area contributed by atoms with Gasteiger partial charge in [-0.15, -0.1) is 0 Å². The number of aliphatic hydroxyl groups excluding tert-OH is 1. The summed E-state index contributed by atoms with van der Waals surface area (Å²) < 4.78 is 42.5. The summed E-state index contributed by atoms with van der Waals surface area (Å²) in [4.78, 5) is 27.0. The van der Waals surface area contributed by atoms with Crippen LogP contribution >= 0.6 is 0 Å². The molecule has 5 aromatic rings. The lowest BCUT2D eigenvalue weighted by Gasteiger charge is -2.25. The van der Waals surface area contributed by atoms with E-state index in [2.05, 4.69) is 15.7 Å². The molecule has 12 heteroatoms. The number of sulfonamides is 1. The number of fused-ring (bicyclic) bond motifs is 1. The maximum Gasteiger partial charge on any atom is 0.255 e. The van der Waals surface area contributed by atoms with Gasteiger partial charge in [0, 0.05) is 23.7 Å². The third-order valence-corrected chi connectivity index (χ3v) is 9.69. The fourth-order valence-corrected chi connectivity index (χ4v) is 6.84. The predicted octanol–water partition coefficient (Wildman–Crippen LogP) is 4.65. The Morgan fingerprint density at radius 1 is 1.00 bits per heavy atom. The van der Waals surface area contributed by atoms with Gasteiger partial charge in [0.2, 0.25) is 10.0 Å². The molecule has 3 aromatic carbocycles. The third kappa shape index (κ3) is 6.09. The summed E-state index contributed by atoms with van der Waals surface area (Å²) in [6, 6.07) is 22.2. The second-order valence-corrected chi connectivity index (χ2v) is 13.6. The Bertz CT molecular complexity index is 2110. The lowest BCUT2D eigenvalue weighted by atomic mass is 9.95. The zero-order chi connectivity index (χ0) is 33.5. The van der Waals surface area contributed by atoms with Crippen LogP contribution in [0.1, 0.15) is 44.7 Å². The minimum atomic E-state index is -3.91. The lowest BCUT2D eigenvalue weighted by Crippen LogP contribution is -2.35. The first-order valence-electron chi connectivity index (χ1n) is 15.1. The highest BCUT2D eigenvalue weighted by Crippen LogP contribution is 2.46. The van der Waals surface area contributed by atoms with E-state index in [0.717, 1.165) is 34.5 Å². The Kier molecular flexibility index (Phi) is 8.33. The van der Waals surface area contributed by atoms with E-state index in [1.807, 2.05) is 37.3 Å². The van der Waals surface area contributed by atoms with Gasteiger partial charge in [-0.05, 0) is 78.9 Å². The van der Waals surface area contributed by atoms with Crippen LogP contribution in [0.15, 0.2) is 85.1 Å². The summed E-state index contributed by atoms with van der Waals surface area (Å²) in [5, 5.41) is 20.3. The highest BCUT2D eigenvalue weighted by molar-refractivity contribution is 7.92. The molecule has 0 aliphatic heterocycles. The highest BCUT2D eigenvalue weighted by Gasteiger charge is 2.45. The summed E-state index contributed by atoms with van der Waals surface area (Å²) in [6.07, 6.45) is 4.15. The summed E-state index contributed by atoms with van der Waals surface area (Å²) >= 11 is 0. The van der Waals surface area contributed by atoms with Crippen LogP contribution < -0.4 is 14.9 Å². The topological polar surface area (TPSA) is 133 Å². The number of carbonyl (C=O) groups is 2. The van der Waals surface area contributed by atoms with Gasteiger partial charge in [-0.2, -0.15) is 5.10 Å². The number of aryl methyl sites for hydroxylation is 1. The van der Waals surface area contributed by atoms with Crippen molar-refractivity contribution in [3.8, 4) is 22.4 Å². The summed E-state index contributed by atoms with van der Waals surface area (Å²) in [6.45, 7) is 1.13. The van der Waals surface area contributed by atoms with Gasteiger partial charge in [-0.3, -0.25) is 13.9 Å². The molecule has 0 radical (unpaired) electrons. The molecule has 47 heavy (non-hydrogen) atoms. The van der Waals surface area contributed by atoms with Crippen molar-refractivity contribution in [2.24, 2.45) is 0 Å². The maximum absolute atomic E-state index is 13.8. The van der Waals surface area contributed by atoms with Crippen LogP contribution in [0.25, 0.3) is 27.9 Å². The molecule has 0 bridgehead atoms. The highest BCUT2D eigenvalue weighted by atomic mass is 32.2. The van der Waals surface area contributed by atoms with Crippen molar-refractivity contribution >= 4 is 33.0 Å². The zero-order valence-corrected chi connectivity index (χ0v) is 26.9. The quantitative estimate of drug-likeness (QED) is 0.201. The fraction of sp³-hybridized carbons (Fsp3) is 0.229. The number of pyridine rings is 1. The molecule has 6 rings (SSSR count). The third-order valence-electron chi connectivity index (χ3n) is 8.51. The van der Waals surface area contributed by atoms with Crippen LogP contribution in [0.4, 0.5) is 10.1 Å². The van der Waals surface area contributed by atoms with Gasteiger partial charge in [-0.1, -0.05) is 36.4 Å². The molecule has 0 unspecified atom stereocenters. The van der Waals surface area contributed by atoms with Gasteiger partial charge < -0.3 is 15.7 Å². The van der Waals surface area contributed by atoms with Crippen LogP contribution in [-0.4, -0.2) is 61.4 Å². The number of nitrogens with zero attached hydrogens (tertiary/aromatic N) is 3. The molecule has 3 N–H and O–H groups in total. The molecule has 0 saturated heterocycles. The monoisotopic (exact) mass is 655 g/mol. The molecule has 1 saturated carbocycles. The second kappa shape index (κ2) is 12.3. The van der Waals surface area contributed by atoms with Gasteiger partial charge in [0.25, 0.3) is 11.8 Å². The second-order valence-electron chi connectivity index (χ2n) is 11.7. The smallest absolute Gasteiger partial charge is 0.255 e. The van der Waals surface area contributed by atoms with E-state index >= 15 is 0 Å². The fourth-order valence-electron chi connectivity index (χ4n) is 5.92. The van der Waals surface area contributed by atoms with Crippen molar-refractivity contribution in [3.05, 3.63) is 113 Å². The first kappa shape index (κ1) is 31.9. The minimum Gasteiger partial charge on any atom is -0.394 e. The van der Waals surface area contributed by atoms with Crippen molar-refractivity contribution in [1.82, 2.24) is 20.2 Å². The first-order chi connectivity index (χ1) is 22.5. The van der Waals surface area contributed by atoms with Crippen molar-refractivity contribution in [2.45, 2.75) is 25.3 Å². The summed E-state index contributed by atoms with van der Waals surface area (Å²) in [5.74, 6) is -1.18. The number of aromatic nitrogens is 2. The van der Waals surface area contributed by atoms with Gasteiger partial charge in [0.1, 0.15) is 11.5 Å². The molecular weight excluding hydrogens is 621 g/mol. The van der Waals surface area contributed by atoms with E-state index in [-0.39, 0.29) is 29.4 Å². The van der Waals surface area contributed by atoms with Crippen LogP contribution in [0.2, 0.25) is 0 Å². The van der Waals surface area contributed by atoms with Crippen molar-refractivity contribution in [1.29, 1.82) is 0 Å². The van der Waals surface area contributed by atoms with E-state index < -0.39 is 33.9 Å². The molecule has 0 spiro atoms. The number of hydrogen-bond donors (Lipinski definition) is 3. The number of hydrogen-bond acceptors (Lipinski definition) is 6. The number of rotatable bonds is 10. The van der Waals surface area contributed by atoms with Crippen molar-refractivity contribution in [3.63, 3.8) is 0 Å². The molecule has 1 fully saturated rings. The Hall–Kier alpha value is -5.07. The van der Waals surface area contributed by atoms with Crippen LogP contribution in [0, 0.1) is 12.7 Å². The number of anilines is 1. The normalized spacial score (nSPS) is 13.7. The predicted molar refractivity (Wildman–Crippen MR) is 178 cm³/mol. The largest absolute Gasteiger partial charge is 0.394 e. The average molecular weight is 656 g/mol. The van der Waals surface area contributed by atoms with Gasteiger partial charge in [0.05, 0.1) is 47.9 Å². The van der Waals surface area contributed by atoms with E-state index in [0.29, 0.717) is 27.8 Å². The molecule has 2 heterocycles. The van der Waals surface area contributed by atoms with Crippen molar-refractivity contribution < 1.29 is 27.5 Å². The molecule has 2 amide bonds. The van der Waals surface area contributed by atoms with Gasteiger partial charge >= 0.3 is 0 Å². The number of benzene rings is 3. The Balaban J connectivity index is 1.55. The zero-order valence-electron chi connectivity index (χ0n) is 26.1. The summed E-state index contributed by atoms with van der Waals surface area (Å²) in [5.41, 5.74) is 4.15. The van der Waals surface area contributed by atoms with Crippen LogP contribution in [0.3, 0.4) is 0 Å². The van der Waals surface area contributed by atoms with E-state index in [1.54, 1.807) is 24.3 Å². The molecule has 10 nitrogen and oxygen atoms in total. The molecule has 0 atom stereocenters. The van der Waals surface area contributed by atoms with Crippen LogP contribution in [-0.2, 0) is 15.6 Å². The molecule has 242 valence electrons. The lowest BCUT2D eigenvalue weighted by molar-refractivity contribution is 0.0929. The Morgan fingerprint density at radius 3 is 2.32 bits per heavy atom. The molecular formula is C35H34FN5O5S. The van der Waals surface area contributed by atoms with Crippen LogP contribution in [0.5, 0.6) is 0 Å². The van der Waals surface area contributed by atoms with E-state index in [4.69, 9.17) is 0 Å². The number of amides is 2. The van der Waals surface area contributed by atoms with Gasteiger partial charge in [-0.25, -0.2) is 17.3 Å². The van der Waals surface area contributed by atoms with Crippen molar-refractivity contribution in [2.75, 3.05) is 30.8 Å². The Labute approximate surface area is 271 Å². The Morgan fingerprint density at radius 2 is 1.70 bits per heavy atom. The number of nitrogens with one attached hydrogen (secondary N) is 2. The standard InChI is InChI=1S/C35H34FN5O5S/c1-22-9-10-24(33(43)38-35(15-16-35)25-7-5-4-6-8-25)19-27(22)28-20-29-31(34(44)37-2)32(23-11-13-26(36)14-12-23)39-40(29)21-30(28)41(17-18-42)47(3,45)46/h4-14,19-21,42H,15-18H2,1-3H3,(H,37,44)(H,38,43). The summed E-state index contributed by atoms with van der Waals surface area (Å²) in [7, 11) is -2.43. The number of aliphatic hydroxyl groups is 1. The minimum absolute atomic E-state index is 0.189. The van der Waals surface area contributed by atoms with E-state index in [1.165, 1.54) is 42.0 Å². The first-order valence-corrected chi connectivity index (χ1v) is 16.9. The SMILES string of the molecule is CNC(=O)c1c(-c2ccc(F)cc2)nn2cc(N(CCO)S(C)(=O)=O)c(-c3cc(C(=O)NC4(c5ccccc5)CC4)ccc3C)cc12. The van der Waals surface area contributed by atoms with Gasteiger partial charge in [0.15, 0.2) is 0 Å².